The lowest BCUT2D eigenvalue weighted by Gasteiger charge is -2.14. The molecular formula is C15H15N3O3S2. The van der Waals surface area contributed by atoms with Gasteiger partial charge in [0.1, 0.15) is 0 Å². The van der Waals surface area contributed by atoms with E-state index in [1.165, 1.54) is 11.8 Å². The molecule has 2 aromatic heterocycles. The maximum atomic E-state index is 12.2. The van der Waals surface area contributed by atoms with Crippen LogP contribution in [0.2, 0.25) is 0 Å². The van der Waals surface area contributed by atoms with Crippen LogP contribution >= 0.6 is 23.1 Å². The van der Waals surface area contributed by atoms with Crippen LogP contribution in [0.15, 0.2) is 34.8 Å². The molecule has 3 heterocycles. The third kappa shape index (κ3) is 3.89. The van der Waals surface area contributed by atoms with Gasteiger partial charge in [0.05, 0.1) is 15.5 Å². The highest BCUT2D eigenvalue weighted by molar-refractivity contribution is 7.98. The smallest absolute Gasteiger partial charge is 0.324 e. The first-order valence-electron chi connectivity index (χ1n) is 7.23. The zero-order chi connectivity index (χ0) is 16.2. The average molecular weight is 349 g/mol. The van der Waals surface area contributed by atoms with Crippen molar-refractivity contribution in [1.82, 2.24) is 9.88 Å². The fraction of sp³-hybridized carbons (Fsp3) is 0.333. The molecule has 1 amide bonds. The van der Waals surface area contributed by atoms with Crippen molar-refractivity contribution in [2.75, 3.05) is 13.1 Å². The number of amides is 1. The van der Waals surface area contributed by atoms with Gasteiger partial charge >= 0.3 is 5.00 Å². The SMILES string of the molecule is O=C(c1ccc(SCc2csc([N+](=O)[O-])c2)nc1)N1CCCC1. The first kappa shape index (κ1) is 15.9. The first-order valence-corrected chi connectivity index (χ1v) is 9.10. The van der Waals surface area contributed by atoms with Gasteiger partial charge in [-0.25, -0.2) is 4.98 Å². The van der Waals surface area contributed by atoms with E-state index in [2.05, 4.69) is 4.98 Å². The van der Waals surface area contributed by atoms with Gasteiger partial charge in [0.2, 0.25) is 0 Å². The number of hydrogen-bond acceptors (Lipinski definition) is 6. The first-order chi connectivity index (χ1) is 11.1. The van der Waals surface area contributed by atoms with E-state index >= 15 is 0 Å². The van der Waals surface area contributed by atoms with Gasteiger partial charge in [-0.05, 0) is 30.5 Å². The summed E-state index contributed by atoms with van der Waals surface area (Å²) in [6.45, 7) is 1.65. The maximum absolute atomic E-state index is 12.2. The van der Waals surface area contributed by atoms with Crippen LogP contribution in [0, 0.1) is 10.1 Å². The van der Waals surface area contributed by atoms with Crippen LogP contribution in [0.3, 0.4) is 0 Å². The number of aromatic nitrogens is 1. The molecule has 23 heavy (non-hydrogen) atoms. The van der Waals surface area contributed by atoms with Crippen molar-refractivity contribution in [3.05, 3.63) is 51.0 Å². The summed E-state index contributed by atoms with van der Waals surface area (Å²) >= 11 is 2.63. The van der Waals surface area contributed by atoms with Crippen molar-refractivity contribution in [2.45, 2.75) is 23.6 Å². The molecule has 1 aliphatic heterocycles. The Bertz CT molecular complexity index is 709. The molecule has 0 saturated carbocycles. The molecule has 8 heteroatoms. The number of likely N-dealkylation sites (tertiary alicyclic amines) is 1. The Balaban J connectivity index is 1.58. The lowest BCUT2D eigenvalue weighted by molar-refractivity contribution is -0.380. The van der Waals surface area contributed by atoms with Crippen LogP contribution in [0.5, 0.6) is 0 Å². The predicted octanol–water partition coefficient (Wildman–Crippen LogP) is 3.58. The van der Waals surface area contributed by atoms with Gasteiger partial charge in [0.25, 0.3) is 5.91 Å². The van der Waals surface area contributed by atoms with E-state index in [1.54, 1.807) is 23.7 Å². The van der Waals surface area contributed by atoms with Crippen molar-refractivity contribution >= 4 is 34.0 Å². The number of thioether (sulfide) groups is 1. The molecule has 1 saturated heterocycles. The minimum Gasteiger partial charge on any atom is -0.339 e. The number of thiophene rings is 1. The molecule has 0 aliphatic carbocycles. The summed E-state index contributed by atoms with van der Waals surface area (Å²) in [7, 11) is 0. The summed E-state index contributed by atoms with van der Waals surface area (Å²) in [5.41, 5.74) is 1.52. The number of pyridine rings is 1. The highest BCUT2D eigenvalue weighted by Gasteiger charge is 2.19. The predicted molar refractivity (Wildman–Crippen MR) is 89.9 cm³/mol. The molecule has 6 nitrogen and oxygen atoms in total. The third-order valence-electron chi connectivity index (χ3n) is 3.58. The van der Waals surface area contributed by atoms with Crippen molar-refractivity contribution in [2.24, 2.45) is 0 Å². The van der Waals surface area contributed by atoms with Gasteiger partial charge < -0.3 is 4.90 Å². The quantitative estimate of drug-likeness (QED) is 0.468. The van der Waals surface area contributed by atoms with E-state index in [4.69, 9.17) is 0 Å². The standard InChI is InChI=1S/C15H15N3O3S2/c19-15(17-5-1-2-6-17)12-3-4-13(16-8-12)22-9-11-7-14(18(20)21)23-10-11/h3-4,7-8,10H,1-2,5-6,9H2. The van der Waals surface area contributed by atoms with Crippen LogP contribution in [-0.4, -0.2) is 33.8 Å². The van der Waals surface area contributed by atoms with Crippen molar-refractivity contribution in [3.63, 3.8) is 0 Å². The molecule has 0 radical (unpaired) electrons. The number of hydrogen-bond donors (Lipinski definition) is 0. The summed E-state index contributed by atoms with van der Waals surface area (Å²) in [5.74, 6) is 0.663. The van der Waals surface area contributed by atoms with E-state index in [0.29, 0.717) is 11.3 Å². The average Bonchev–Trinajstić information content (AvgIpc) is 3.24. The summed E-state index contributed by atoms with van der Waals surface area (Å²) in [6, 6.07) is 5.21. The molecule has 2 aromatic rings. The topological polar surface area (TPSA) is 76.3 Å². The largest absolute Gasteiger partial charge is 0.339 e. The number of nitrogens with zero attached hydrogens (tertiary/aromatic N) is 3. The van der Waals surface area contributed by atoms with Gasteiger partial charge in [-0.3, -0.25) is 14.9 Å². The zero-order valence-corrected chi connectivity index (χ0v) is 13.9. The summed E-state index contributed by atoms with van der Waals surface area (Å²) in [6.07, 6.45) is 3.75. The number of carbonyl (C=O) groups excluding carboxylic acids is 1. The van der Waals surface area contributed by atoms with Gasteiger partial charge in [-0.1, -0.05) is 11.3 Å². The molecule has 0 atom stereocenters. The van der Waals surface area contributed by atoms with E-state index in [0.717, 1.165) is 47.9 Å². The maximum Gasteiger partial charge on any atom is 0.324 e. The molecular weight excluding hydrogens is 334 g/mol. The van der Waals surface area contributed by atoms with Crippen molar-refractivity contribution < 1.29 is 9.72 Å². The second-order valence-electron chi connectivity index (χ2n) is 5.22. The highest BCUT2D eigenvalue weighted by atomic mass is 32.2. The zero-order valence-electron chi connectivity index (χ0n) is 12.3. The minimum atomic E-state index is -0.379. The lowest BCUT2D eigenvalue weighted by atomic mass is 10.2. The molecule has 0 spiro atoms. The van der Waals surface area contributed by atoms with Gasteiger partial charge in [-0.15, -0.1) is 11.8 Å². The fourth-order valence-electron chi connectivity index (χ4n) is 2.39. The van der Waals surface area contributed by atoms with Crippen LogP contribution in [0.1, 0.15) is 28.8 Å². The molecule has 0 N–H and O–H groups in total. The number of nitro groups is 1. The fourth-order valence-corrected chi connectivity index (χ4v) is 3.99. The Labute approximate surface area is 141 Å². The Hall–Kier alpha value is -1.93. The van der Waals surface area contributed by atoms with Crippen LogP contribution < -0.4 is 0 Å². The number of carbonyl (C=O) groups is 1. The molecule has 1 aliphatic rings. The second kappa shape index (κ2) is 7.10. The van der Waals surface area contributed by atoms with Crippen LogP contribution in [-0.2, 0) is 5.75 Å². The Morgan fingerprint density at radius 3 is 2.78 bits per heavy atom. The van der Waals surface area contributed by atoms with E-state index in [9.17, 15) is 14.9 Å². The molecule has 120 valence electrons. The number of rotatable bonds is 5. The molecule has 1 fully saturated rings. The lowest BCUT2D eigenvalue weighted by Crippen LogP contribution is -2.27. The van der Waals surface area contributed by atoms with E-state index in [-0.39, 0.29) is 15.8 Å². The third-order valence-corrected chi connectivity index (χ3v) is 5.53. The van der Waals surface area contributed by atoms with E-state index in [1.807, 2.05) is 11.0 Å². The normalized spacial score (nSPS) is 14.2. The Morgan fingerprint density at radius 1 is 1.39 bits per heavy atom. The van der Waals surface area contributed by atoms with Crippen LogP contribution in [0.25, 0.3) is 0 Å². The van der Waals surface area contributed by atoms with E-state index < -0.39 is 0 Å². The Morgan fingerprint density at radius 2 is 2.17 bits per heavy atom. The summed E-state index contributed by atoms with van der Waals surface area (Å²) in [4.78, 5) is 28.7. The summed E-state index contributed by atoms with van der Waals surface area (Å²) < 4.78 is 0. The monoisotopic (exact) mass is 349 g/mol. The van der Waals surface area contributed by atoms with Gasteiger partial charge in [0.15, 0.2) is 0 Å². The molecule has 0 aromatic carbocycles. The summed E-state index contributed by atoms with van der Waals surface area (Å²) in [5, 5.41) is 13.4. The molecule has 0 bridgehead atoms. The molecule has 3 rings (SSSR count). The van der Waals surface area contributed by atoms with Crippen molar-refractivity contribution in [1.29, 1.82) is 0 Å². The minimum absolute atomic E-state index is 0.0417. The van der Waals surface area contributed by atoms with Crippen LogP contribution in [0.4, 0.5) is 5.00 Å². The molecule has 0 unspecified atom stereocenters. The highest BCUT2D eigenvalue weighted by Crippen LogP contribution is 2.28. The Kier molecular flexibility index (Phi) is 4.92. The van der Waals surface area contributed by atoms with Crippen molar-refractivity contribution in [3.8, 4) is 0 Å². The second-order valence-corrected chi connectivity index (χ2v) is 7.11. The van der Waals surface area contributed by atoms with Gasteiger partial charge in [-0.2, -0.15) is 0 Å². The van der Waals surface area contributed by atoms with Gasteiger partial charge in [0, 0.05) is 36.5 Å².